The number of ether oxygens (including phenoxy) is 2. The highest BCUT2D eigenvalue weighted by atomic mass is 32.1. The summed E-state index contributed by atoms with van der Waals surface area (Å²) in [7, 11) is 1.55. The third-order valence-corrected chi connectivity index (χ3v) is 7.56. The fourth-order valence-corrected chi connectivity index (χ4v) is 5.67. The number of carboxylic acid groups (broad SMARTS) is 1. The number of carboxylic acids is 1. The van der Waals surface area contributed by atoms with Gasteiger partial charge in [-0.3, -0.25) is 9.36 Å². The van der Waals surface area contributed by atoms with Gasteiger partial charge in [0.15, 0.2) is 4.80 Å². The molecule has 10 heteroatoms. The maximum Gasteiger partial charge on any atom is 0.338 e. The minimum Gasteiger partial charge on any atom is -0.497 e. The number of aryl methyl sites for hydroxylation is 1. The number of esters is 1. The topological polar surface area (TPSA) is 120 Å². The van der Waals surface area contributed by atoms with Crippen LogP contribution in [0.1, 0.15) is 47.1 Å². The van der Waals surface area contributed by atoms with E-state index in [0.29, 0.717) is 43.4 Å². The number of rotatable bonds is 7. The normalized spacial score (nSPS) is 15.0. The van der Waals surface area contributed by atoms with Crippen LogP contribution in [0, 0.1) is 6.92 Å². The molecule has 1 aliphatic rings. The lowest BCUT2D eigenvalue weighted by Gasteiger charge is -2.24. The van der Waals surface area contributed by atoms with E-state index in [0.717, 1.165) is 5.56 Å². The molecular weight excluding hydrogens is 532 g/mol. The fourth-order valence-electron chi connectivity index (χ4n) is 4.64. The minimum atomic E-state index is -1.03. The predicted molar refractivity (Wildman–Crippen MR) is 149 cm³/mol. The van der Waals surface area contributed by atoms with Crippen molar-refractivity contribution in [1.29, 1.82) is 0 Å². The average molecular weight is 559 g/mol. The van der Waals surface area contributed by atoms with Crippen LogP contribution in [0.2, 0.25) is 0 Å². The molecule has 5 rings (SSSR count). The number of allylic oxidation sites excluding steroid dienone is 1. The summed E-state index contributed by atoms with van der Waals surface area (Å²) in [6.45, 7) is 5.49. The molecule has 204 valence electrons. The van der Waals surface area contributed by atoms with Gasteiger partial charge in [-0.25, -0.2) is 14.6 Å². The van der Waals surface area contributed by atoms with E-state index < -0.39 is 18.0 Å². The van der Waals surface area contributed by atoms with Gasteiger partial charge in [0.2, 0.25) is 0 Å². The van der Waals surface area contributed by atoms with Gasteiger partial charge < -0.3 is 19.0 Å². The number of carbonyl (C=O) groups excluding carboxylic acids is 1. The van der Waals surface area contributed by atoms with E-state index >= 15 is 0 Å². The van der Waals surface area contributed by atoms with Gasteiger partial charge in [-0.1, -0.05) is 29.5 Å². The van der Waals surface area contributed by atoms with E-state index in [1.807, 2.05) is 13.0 Å². The van der Waals surface area contributed by atoms with Gasteiger partial charge in [0.1, 0.15) is 17.3 Å². The monoisotopic (exact) mass is 558 g/mol. The van der Waals surface area contributed by atoms with Crippen molar-refractivity contribution in [3.8, 4) is 17.1 Å². The number of nitrogens with zero attached hydrogens (tertiary/aromatic N) is 2. The van der Waals surface area contributed by atoms with Crippen LogP contribution in [-0.2, 0) is 9.53 Å². The van der Waals surface area contributed by atoms with E-state index in [-0.39, 0.29) is 23.3 Å². The Kier molecular flexibility index (Phi) is 7.27. The van der Waals surface area contributed by atoms with Crippen LogP contribution < -0.4 is 19.6 Å². The van der Waals surface area contributed by atoms with Crippen LogP contribution in [0.4, 0.5) is 0 Å². The largest absolute Gasteiger partial charge is 0.497 e. The molecule has 0 bridgehead atoms. The zero-order valence-corrected chi connectivity index (χ0v) is 23.1. The Hall–Kier alpha value is -4.70. The van der Waals surface area contributed by atoms with Crippen molar-refractivity contribution in [2.45, 2.75) is 26.8 Å². The van der Waals surface area contributed by atoms with Gasteiger partial charge in [-0.2, -0.15) is 0 Å². The predicted octanol–water partition coefficient (Wildman–Crippen LogP) is 4.07. The van der Waals surface area contributed by atoms with Crippen molar-refractivity contribution in [2.75, 3.05) is 13.7 Å². The number of aromatic nitrogens is 1. The zero-order valence-electron chi connectivity index (χ0n) is 22.3. The molecule has 2 aromatic carbocycles. The quantitative estimate of drug-likeness (QED) is 0.340. The third-order valence-electron chi connectivity index (χ3n) is 6.58. The van der Waals surface area contributed by atoms with Gasteiger partial charge in [-0.15, -0.1) is 0 Å². The highest BCUT2D eigenvalue weighted by molar-refractivity contribution is 7.07. The molecule has 0 unspecified atom stereocenters. The summed E-state index contributed by atoms with van der Waals surface area (Å²) in [6, 6.07) is 14.7. The second-order valence-corrected chi connectivity index (χ2v) is 10.1. The number of furan rings is 1. The van der Waals surface area contributed by atoms with Crippen LogP contribution >= 0.6 is 11.3 Å². The van der Waals surface area contributed by atoms with Gasteiger partial charge >= 0.3 is 11.9 Å². The smallest absolute Gasteiger partial charge is 0.338 e. The molecule has 0 saturated heterocycles. The molecule has 40 heavy (non-hydrogen) atoms. The van der Waals surface area contributed by atoms with Crippen molar-refractivity contribution >= 4 is 29.4 Å². The van der Waals surface area contributed by atoms with E-state index in [2.05, 4.69) is 4.99 Å². The Morgan fingerprint density at radius 3 is 2.67 bits per heavy atom. The van der Waals surface area contributed by atoms with Crippen LogP contribution in [-0.4, -0.2) is 35.3 Å². The van der Waals surface area contributed by atoms with Crippen molar-refractivity contribution < 1.29 is 28.6 Å². The lowest BCUT2D eigenvalue weighted by atomic mass is 9.95. The number of thiazole rings is 1. The average Bonchev–Trinajstić information content (AvgIpc) is 3.52. The summed E-state index contributed by atoms with van der Waals surface area (Å²) in [6.07, 6.45) is 1.62. The van der Waals surface area contributed by atoms with E-state index in [4.69, 9.17) is 13.9 Å². The fraction of sp³-hybridized carbons (Fsp3) is 0.200. The maximum absolute atomic E-state index is 13.8. The van der Waals surface area contributed by atoms with Gasteiger partial charge in [0.25, 0.3) is 5.56 Å². The molecule has 1 atom stereocenters. The molecule has 1 N–H and O–H groups in total. The SMILES string of the molecule is CCOC(=O)C1=C(C)N=c2s/c(=C\c3ccc(-c4cc(C(=O)O)ccc4C)o3)c(=O)n2[C@@H]1c1cccc(OC)c1. The number of hydrogen-bond acceptors (Lipinski definition) is 8. The highest BCUT2D eigenvalue weighted by Crippen LogP contribution is 2.32. The van der Waals surface area contributed by atoms with Crippen molar-refractivity contribution in [2.24, 2.45) is 4.99 Å². The second-order valence-electron chi connectivity index (χ2n) is 9.12. The van der Waals surface area contributed by atoms with Gasteiger partial charge in [-0.05, 0) is 68.3 Å². The number of methoxy groups -OCH3 is 1. The first kappa shape index (κ1) is 26.9. The Bertz CT molecular complexity index is 1860. The van der Waals surface area contributed by atoms with Crippen molar-refractivity contribution in [3.63, 3.8) is 0 Å². The minimum absolute atomic E-state index is 0.150. The summed E-state index contributed by atoms with van der Waals surface area (Å²) in [5.41, 5.74) is 2.74. The molecule has 4 aromatic rings. The number of aromatic carboxylic acids is 1. The maximum atomic E-state index is 13.8. The number of carbonyl (C=O) groups is 2. The Morgan fingerprint density at radius 2 is 1.95 bits per heavy atom. The molecule has 0 saturated carbocycles. The first-order valence-corrected chi connectivity index (χ1v) is 13.3. The summed E-state index contributed by atoms with van der Waals surface area (Å²) in [4.78, 5) is 43.3. The van der Waals surface area contributed by atoms with Crippen LogP contribution in [0.25, 0.3) is 17.4 Å². The molecular formula is C30H26N2O7S. The number of benzene rings is 2. The van der Waals surface area contributed by atoms with Crippen molar-refractivity contribution in [3.05, 3.63) is 108 Å². The third kappa shape index (κ3) is 4.89. The number of fused-ring (bicyclic) bond motifs is 1. The molecule has 0 aliphatic carbocycles. The van der Waals surface area contributed by atoms with Crippen LogP contribution in [0.3, 0.4) is 0 Å². The first-order chi connectivity index (χ1) is 19.2. The van der Waals surface area contributed by atoms with E-state index in [1.54, 1.807) is 69.5 Å². The first-order valence-electron chi connectivity index (χ1n) is 12.5. The molecule has 3 heterocycles. The highest BCUT2D eigenvalue weighted by Gasteiger charge is 2.33. The Balaban J connectivity index is 1.64. The molecule has 0 radical (unpaired) electrons. The van der Waals surface area contributed by atoms with Crippen LogP contribution in [0.15, 0.2) is 80.1 Å². The molecule has 0 amide bonds. The lowest BCUT2D eigenvalue weighted by Crippen LogP contribution is -2.39. The summed E-state index contributed by atoms with van der Waals surface area (Å²) >= 11 is 1.18. The number of hydrogen-bond donors (Lipinski definition) is 1. The van der Waals surface area contributed by atoms with E-state index in [1.165, 1.54) is 22.0 Å². The Morgan fingerprint density at radius 1 is 1.15 bits per heavy atom. The van der Waals surface area contributed by atoms with Gasteiger partial charge in [0.05, 0.1) is 41.1 Å². The van der Waals surface area contributed by atoms with E-state index in [9.17, 15) is 19.5 Å². The molecule has 9 nitrogen and oxygen atoms in total. The van der Waals surface area contributed by atoms with Gasteiger partial charge in [0, 0.05) is 11.6 Å². The summed E-state index contributed by atoms with van der Waals surface area (Å²) in [5.74, 6) is -0.0884. The Labute approximate surface area is 232 Å². The lowest BCUT2D eigenvalue weighted by molar-refractivity contribution is -0.139. The van der Waals surface area contributed by atoms with Crippen LogP contribution in [0.5, 0.6) is 5.75 Å². The van der Waals surface area contributed by atoms with Crippen molar-refractivity contribution in [1.82, 2.24) is 4.57 Å². The molecule has 0 spiro atoms. The zero-order chi connectivity index (χ0) is 28.6. The second kappa shape index (κ2) is 10.8. The molecule has 0 fully saturated rings. The summed E-state index contributed by atoms with van der Waals surface area (Å²) in [5, 5.41) is 9.37. The molecule has 1 aliphatic heterocycles. The standard InChI is InChI=1S/C30H26N2O7S/c1-5-38-29(36)25-17(3)31-30-32(26(25)18-7-6-8-20(13-18)37-4)27(33)24(40-30)15-21-11-12-23(39-21)22-14-19(28(34)35)10-9-16(22)2/h6-15,26H,5H2,1-4H3,(H,34,35)/b24-15-/t26-/m1/s1. The summed E-state index contributed by atoms with van der Waals surface area (Å²) < 4.78 is 18.6. The molecule has 2 aromatic heterocycles.